The van der Waals surface area contributed by atoms with Crippen molar-refractivity contribution in [3.8, 4) is 5.75 Å². The molecule has 13 heavy (non-hydrogen) atoms. The Balaban J connectivity index is 3.44. The van der Waals surface area contributed by atoms with E-state index in [1.54, 1.807) is 0 Å². The Bertz CT molecular complexity index is 324. The molecule has 1 aromatic rings. The molecule has 0 unspecified atom stereocenters. The topological polar surface area (TPSA) is 20.2 Å². The van der Waals surface area contributed by atoms with E-state index >= 15 is 0 Å². The van der Waals surface area contributed by atoms with E-state index in [2.05, 4.69) is 27.7 Å². The van der Waals surface area contributed by atoms with Crippen LogP contribution < -0.4 is 0 Å². The van der Waals surface area contributed by atoms with Gasteiger partial charge >= 0.3 is 0 Å². The van der Waals surface area contributed by atoms with Gasteiger partial charge in [0.05, 0.1) is 0 Å². The van der Waals surface area contributed by atoms with E-state index in [1.165, 1.54) is 16.7 Å². The first-order valence-corrected chi connectivity index (χ1v) is 4.74. The lowest BCUT2D eigenvalue weighted by Crippen LogP contribution is -1.97. The second kappa shape index (κ2) is 3.41. The lowest BCUT2D eigenvalue weighted by atomic mass is 9.91. The van der Waals surface area contributed by atoms with Crippen LogP contribution in [0.3, 0.4) is 0 Å². The van der Waals surface area contributed by atoms with Crippen molar-refractivity contribution in [2.45, 2.75) is 40.5 Å². The molecule has 1 nitrogen and oxygen atoms in total. The Morgan fingerprint density at radius 1 is 1.08 bits per heavy atom. The highest BCUT2D eigenvalue weighted by molar-refractivity contribution is 5.48. The van der Waals surface area contributed by atoms with Crippen LogP contribution in [0.1, 0.15) is 42.0 Å². The molecule has 1 N–H and O–H groups in total. The number of phenolic OH excluding ortho intramolecular Hbond substituents is 1. The van der Waals surface area contributed by atoms with Gasteiger partial charge in [-0.3, -0.25) is 0 Å². The third-order valence-corrected chi connectivity index (χ3v) is 2.76. The predicted molar refractivity (Wildman–Crippen MR) is 56.4 cm³/mol. The van der Waals surface area contributed by atoms with Crippen LogP contribution in [0, 0.1) is 20.8 Å². The van der Waals surface area contributed by atoms with Crippen molar-refractivity contribution in [2.24, 2.45) is 0 Å². The summed E-state index contributed by atoms with van der Waals surface area (Å²) >= 11 is 0. The monoisotopic (exact) mass is 178 g/mol. The molecule has 1 aromatic carbocycles. The minimum Gasteiger partial charge on any atom is -0.508 e. The first kappa shape index (κ1) is 10.1. The van der Waals surface area contributed by atoms with Crippen LogP contribution >= 0.6 is 0 Å². The lowest BCUT2D eigenvalue weighted by molar-refractivity contribution is 0.463. The molecule has 0 bridgehead atoms. The van der Waals surface area contributed by atoms with Gasteiger partial charge in [0.15, 0.2) is 0 Å². The highest BCUT2D eigenvalue weighted by atomic mass is 16.3. The Morgan fingerprint density at radius 3 is 2.08 bits per heavy atom. The average Bonchev–Trinajstić information content (AvgIpc) is 1.99. The van der Waals surface area contributed by atoms with Gasteiger partial charge in [-0.2, -0.15) is 0 Å². The van der Waals surface area contributed by atoms with Crippen molar-refractivity contribution in [1.82, 2.24) is 0 Å². The molecule has 0 amide bonds. The Morgan fingerprint density at radius 2 is 1.62 bits per heavy atom. The zero-order valence-corrected chi connectivity index (χ0v) is 9.10. The van der Waals surface area contributed by atoms with Gasteiger partial charge in [-0.05, 0) is 55.0 Å². The normalized spacial score (nSPS) is 10.9. The van der Waals surface area contributed by atoms with Gasteiger partial charge in [0.25, 0.3) is 0 Å². The maximum absolute atomic E-state index is 9.77. The van der Waals surface area contributed by atoms with Crippen molar-refractivity contribution in [1.29, 1.82) is 0 Å². The van der Waals surface area contributed by atoms with Gasteiger partial charge in [-0.15, -0.1) is 0 Å². The standard InChI is InChI=1S/C12H18O/c1-7(2)12-10(5)9(4)8(3)6-11(12)13/h6-7,13H,1-5H3. The van der Waals surface area contributed by atoms with E-state index in [1.807, 2.05) is 13.0 Å². The Hall–Kier alpha value is -0.980. The van der Waals surface area contributed by atoms with E-state index in [0.717, 1.165) is 5.56 Å². The van der Waals surface area contributed by atoms with Gasteiger partial charge < -0.3 is 5.11 Å². The number of aryl methyl sites for hydroxylation is 1. The van der Waals surface area contributed by atoms with Crippen LogP contribution in [-0.2, 0) is 0 Å². The summed E-state index contributed by atoms with van der Waals surface area (Å²) in [5, 5.41) is 9.77. The summed E-state index contributed by atoms with van der Waals surface area (Å²) in [4.78, 5) is 0. The summed E-state index contributed by atoms with van der Waals surface area (Å²) in [7, 11) is 0. The quantitative estimate of drug-likeness (QED) is 0.698. The molecule has 1 heteroatoms. The Labute approximate surface area is 80.4 Å². The summed E-state index contributed by atoms with van der Waals surface area (Å²) < 4.78 is 0. The summed E-state index contributed by atoms with van der Waals surface area (Å²) in [6.07, 6.45) is 0. The van der Waals surface area contributed by atoms with E-state index in [0.29, 0.717) is 11.7 Å². The van der Waals surface area contributed by atoms with Crippen LogP contribution in [0.2, 0.25) is 0 Å². The van der Waals surface area contributed by atoms with Crippen molar-refractivity contribution in [3.63, 3.8) is 0 Å². The molecule has 0 aliphatic carbocycles. The number of rotatable bonds is 1. The minimum absolute atomic E-state index is 0.388. The van der Waals surface area contributed by atoms with E-state index in [-0.39, 0.29) is 0 Å². The summed E-state index contributed by atoms with van der Waals surface area (Å²) in [5.74, 6) is 0.829. The molecular weight excluding hydrogens is 160 g/mol. The molecule has 0 spiro atoms. The fraction of sp³-hybridized carbons (Fsp3) is 0.500. The minimum atomic E-state index is 0.388. The SMILES string of the molecule is Cc1cc(O)c(C(C)C)c(C)c1C. The molecule has 1 rings (SSSR count). The molecular formula is C12H18O. The average molecular weight is 178 g/mol. The number of aromatic hydroxyl groups is 1. The molecule has 72 valence electrons. The first-order chi connectivity index (χ1) is 5.95. The lowest BCUT2D eigenvalue weighted by Gasteiger charge is -2.16. The van der Waals surface area contributed by atoms with Crippen molar-refractivity contribution >= 4 is 0 Å². The van der Waals surface area contributed by atoms with Crippen molar-refractivity contribution < 1.29 is 5.11 Å². The number of hydrogen-bond donors (Lipinski definition) is 1. The second-order valence-corrected chi connectivity index (χ2v) is 4.03. The summed E-state index contributed by atoms with van der Waals surface area (Å²) in [6.45, 7) is 10.4. The highest BCUT2D eigenvalue weighted by Crippen LogP contribution is 2.32. The van der Waals surface area contributed by atoms with E-state index in [4.69, 9.17) is 0 Å². The molecule has 0 heterocycles. The summed E-state index contributed by atoms with van der Waals surface area (Å²) in [5.41, 5.74) is 4.77. The number of phenols is 1. The fourth-order valence-corrected chi connectivity index (χ4v) is 1.81. The Kier molecular flexibility index (Phi) is 2.65. The molecule has 0 aliphatic heterocycles. The van der Waals surface area contributed by atoms with Crippen LogP contribution in [0.25, 0.3) is 0 Å². The fourth-order valence-electron chi connectivity index (χ4n) is 1.81. The van der Waals surface area contributed by atoms with E-state index < -0.39 is 0 Å². The molecule has 0 aromatic heterocycles. The molecule has 0 saturated carbocycles. The molecule has 0 atom stereocenters. The third kappa shape index (κ3) is 1.69. The maximum Gasteiger partial charge on any atom is 0.119 e. The van der Waals surface area contributed by atoms with Gasteiger partial charge in [0.2, 0.25) is 0 Å². The van der Waals surface area contributed by atoms with Crippen molar-refractivity contribution in [2.75, 3.05) is 0 Å². The molecule has 0 saturated heterocycles. The van der Waals surface area contributed by atoms with Gasteiger partial charge in [0, 0.05) is 0 Å². The largest absolute Gasteiger partial charge is 0.508 e. The zero-order valence-electron chi connectivity index (χ0n) is 9.10. The highest BCUT2D eigenvalue weighted by Gasteiger charge is 2.12. The van der Waals surface area contributed by atoms with Gasteiger partial charge in [0.1, 0.15) is 5.75 Å². The predicted octanol–water partition coefficient (Wildman–Crippen LogP) is 3.44. The molecule has 0 aliphatic rings. The van der Waals surface area contributed by atoms with Crippen molar-refractivity contribution in [3.05, 3.63) is 28.3 Å². The smallest absolute Gasteiger partial charge is 0.119 e. The van der Waals surface area contributed by atoms with Gasteiger partial charge in [-0.25, -0.2) is 0 Å². The first-order valence-electron chi connectivity index (χ1n) is 4.74. The summed E-state index contributed by atoms with van der Waals surface area (Å²) in [6, 6.07) is 1.86. The molecule has 0 radical (unpaired) electrons. The van der Waals surface area contributed by atoms with Crippen LogP contribution in [-0.4, -0.2) is 5.11 Å². The van der Waals surface area contributed by atoms with Crippen LogP contribution in [0.4, 0.5) is 0 Å². The van der Waals surface area contributed by atoms with Crippen LogP contribution in [0.5, 0.6) is 5.75 Å². The second-order valence-electron chi connectivity index (χ2n) is 4.03. The third-order valence-electron chi connectivity index (χ3n) is 2.76. The maximum atomic E-state index is 9.77. The zero-order chi connectivity index (χ0) is 10.2. The van der Waals surface area contributed by atoms with E-state index in [9.17, 15) is 5.11 Å². The van der Waals surface area contributed by atoms with Crippen LogP contribution in [0.15, 0.2) is 6.07 Å². The molecule has 0 fully saturated rings. The number of hydrogen-bond acceptors (Lipinski definition) is 1. The van der Waals surface area contributed by atoms with Gasteiger partial charge in [-0.1, -0.05) is 13.8 Å². The number of benzene rings is 1.